The fraction of sp³-hybridized carbons (Fsp3) is 0.250. The van der Waals surface area contributed by atoms with Crippen molar-refractivity contribution in [3.05, 3.63) is 58.4 Å². The van der Waals surface area contributed by atoms with Gasteiger partial charge >= 0.3 is 0 Å². The number of rotatable bonds is 4. The second-order valence-electron chi connectivity index (χ2n) is 4.56. The summed E-state index contributed by atoms with van der Waals surface area (Å²) in [7, 11) is 0. The van der Waals surface area contributed by atoms with Crippen molar-refractivity contribution >= 4 is 17.3 Å². The average molecular weight is 286 g/mol. The Labute approximate surface area is 124 Å². The minimum Gasteiger partial charge on any atom is -0.365 e. The molecule has 2 aromatic rings. The summed E-state index contributed by atoms with van der Waals surface area (Å²) < 4.78 is 0. The molecule has 0 saturated carbocycles. The Morgan fingerprint density at radius 2 is 2.10 bits per heavy atom. The van der Waals surface area contributed by atoms with Crippen LogP contribution in [-0.4, -0.2) is 11.5 Å². The maximum absolute atomic E-state index is 9.23. The molecule has 4 heteroatoms. The van der Waals surface area contributed by atoms with Crippen LogP contribution < -0.4 is 4.90 Å². The topological polar surface area (TPSA) is 39.9 Å². The number of aryl methyl sites for hydroxylation is 1. The highest BCUT2D eigenvalue weighted by atomic mass is 35.5. The molecule has 1 aromatic heterocycles. The number of aromatic nitrogens is 1. The number of benzene rings is 1. The van der Waals surface area contributed by atoms with E-state index in [0.717, 1.165) is 23.6 Å². The summed E-state index contributed by atoms with van der Waals surface area (Å²) in [5, 5.41) is 9.86. The predicted octanol–water partition coefficient (Wildman–Crippen LogP) is 3.94. The number of halogens is 1. The smallest absolute Gasteiger partial charge is 0.101 e. The Kier molecular flexibility index (Phi) is 4.60. The number of hydrogen-bond donors (Lipinski definition) is 0. The van der Waals surface area contributed by atoms with Gasteiger partial charge in [-0.2, -0.15) is 5.26 Å². The molecule has 102 valence electrons. The van der Waals surface area contributed by atoms with Gasteiger partial charge in [0, 0.05) is 17.3 Å². The van der Waals surface area contributed by atoms with Crippen molar-refractivity contribution < 1.29 is 0 Å². The maximum atomic E-state index is 9.23. The van der Waals surface area contributed by atoms with Crippen LogP contribution in [0.5, 0.6) is 0 Å². The summed E-state index contributed by atoms with van der Waals surface area (Å²) >= 11 is 6.05. The first kappa shape index (κ1) is 14.4. The van der Waals surface area contributed by atoms with Crippen LogP contribution in [0.2, 0.25) is 5.02 Å². The fourth-order valence-electron chi connectivity index (χ4n) is 2.11. The Balaban J connectivity index is 2.33. The largest absolute Gasteiger partial charge is 0.365 e. The van der Waals surface area contributed by atoms with Crippen LogP contribution in [-0.2, 0) is 6.54 Å². The van der Waals surface area contributed by atoms with Crippen LogP contribution in [0.1, 0.15) is 23.9 Å². The van der Waals surface area contributed by atoms with Gasteiger partial charge in [0.15, 0.2) is 0 Å². The molecule has 0 atom stereocenters. The van der Waals surface area contributed by atoms with E-state index in [9.17, 15) is 5.26 Å². The summed E-state index contributed by atoms with van der Waals surface area (Å²) in [5.41, 5.74) is 3.45. The van der Waals surface area contributed by atoms with Crippen molar-refractivity contribution in [2.45, 2.75) is 20.4 Å². The van der Waals surface area contributed by atoms with E-state index < -0.39 is 0 Å². The molecular formula is C16H16ClN3. The first-order valence-corrected chi connectivity index (χ1v) is 6.89. The molecule has 20 heavy (non-hydrogen) atoms. The lowest BCUT2D eigenvalue weighted by Crippen LogP contribution is -2.23. The Bertz CT molecular complexity index is 646. The third-order valence-electron chi connectivity index (χ3n) is 3.10. The third-order valence-corrected chi connectivity index (χ3v) is 3.34. The first-order chi connectivity index (χ1) is 9.63. The molecule has 0 fully saturated rings. The van der Waals surface area contributed by atoms with E-state index in [1.807, 2.05) is 31.2 Å². The SMILES string of the molecule is CCN(Cc1cccc(C)n1)c1cc(Cl)ccc1C#N. The zero-order valence-electron chi connectivity index (χ0n) is 11.6. The molecule has 0 spiro atoms. The number of nitrogens with zero attached hydrogens (tertiary/aromatic N) is 3. The van der Waals surface area contributed by atoms with Crippen LogP contribution in [0, 0.1) is 18.3 Å². The lowest BCUT2D eigenvalue weighted by Gasteiger charge is -2.24. The van der Waals surface area contributed by atoms with Crippen molar-refractivity contribution in [3.8, 4) is 6.07 Å². The molecule has 1 aromatic carbocycles. The van der Waals surface area contributed by atoms with E-state index in [-0.39, 0.29) is 0 Å². The van der Waals surface area contributed by atoms with Gasteiger partial charge in [-0.15, -0.1) is 0 Å². The molecule has 0 radical (unpaired) electrons. The standard InChI is InChI=1S/C16H16ClN3/c1-3-20(11-15-6-4-5-12(2)19-15)16-9-14(17)8-7-13(16)10-18/h4-9H,3,11H2,1-2H3. The van der Waals surface area contributed by atoms with Gasteiger partial charge < -0.3 is 4.90 Å². The van der Waals surface area contributed by atoms with E-state index >= 15 is 0 Å². The molecule has 0 amide bonds. The molecular weight excluding hydrogens is 270 g/mol. The van der Waals surface area contributed by atoms with E-state index in [1.165, 1.54) is 0 Å². The van der Waals surface area contributed by atoms with Gasteiger partial charge in [-0.1, -0.05) is 17.7 Å². The summed E-state index contributed by atoms with van der Waals surface area (Å²) in [4.78, 5) is 6.61. The summed E-state index contributed by atoms with van der Waals surface area (Å²) in [6.45, 7) is 5.47. The number of hydrogen-bond acceptors (Lipinski definition) is 3. The van der Waals surface area contributed by atoms with Crippen LogP contribution >= 0.6 is 11.6 Å². The molecule has 0 bridgehead atoms. The lowest BCUT2D eigenvalue weighted by molar-refractivity contribution is 0.804. The molecule has 2 rings (SSSR count). The van der Waals surface area contributed by atoms with Crippen molar-refractivity contribution in [1.29, 1.82) is 5.26 Å². The third kappa shape index (κ3) is 3.28. The minimum atomic E-state index is 0.629. The molecule has 0 aliphatic rings. The van der Waals surface area contributed by atoms with E-state index in [0.29, 0.717) is 17.1 Å². The summed E-state index contributed by atoms with van der Waals surface area (Å²) in [6, 6.07) is 13.5. The summed E-state index contributed by atoms with van der Waals surface area (Å²) in [5.74, 6) is 0. The second kappa shape index (κ2) is 6.40. The van der Waals surface area contributed by atoms with E-state index in [2.05, 4.69) is 22.9 Å². The van der Waals surface area contributed by atoms with Crippen LogP contribution in [0.3, 0.4) is 0 Å². The molecule has 1 heterocycles. The van der Waals surface area contributed by atoms with Crippen LogP contribution in [0.25, 0.3) is 0 Å². The minimum absolute atomic E-state index is 0.629. The lowest BCUT2D eigenvalue weighted by atomic mass is 10.1. The van der Waals surface area contributed by atoms with Crippen molar-refractivity contribution in [3.63, 3.8) is 0 Å². The normalized spacial score (nSPS) is 10.1. The predicted molar refractivity (Wildman–Crippen MR) is 81.9 cm³/mol. The molecule has 0 unspecified atom stereocenters. The first-order valence-electron chi connectivity index (χ1n) is 6.51. The highest BCUT2D eigenvalue weighted by Gasteiger charge is 2.11. The van der Waals surface area contributed by atoms with Gasteiger partial charge in [0.25, 0.3) is 0 Å². The van der Waals surface area contributed by atoms with Gasteiger partial charge in [-0.25, -0.2) is 0 Å². The second-order valence-corrected chi connectivity index (χ2v) is 4.99. The van der Waals surface area contributed by atoms with Crippen molar-refractivity contribution in [1.82, 2.24) is 4.98 Å². The zero-order valence-corrected chi connectivity index (χ0v) is 12.4. The van der Waals surface area contributed by atoms with Crippen molar-refractivity contribution in [2.24, 2.45) is 0 Å². The number of nitriles is 1. The van der Waals surface area contributed by atoms with Gasteiger partial charge in [0.2, 0.25) is 0 Å². The monoisotopic (exact) mass is 285 g/mol. The van der Waals surface area contributed by atoms with Gasteiger partial charge in [0.05, 0.1) is 23.5 Å². The van der Waals surface area contributed by atoms with Crippen LogP contribution in [0.4, 0.5) is 5.69 Å². The summed E-state index contributed by atoms with van der Waals surface area (Å²) in [6.07, 6.45) is 0. The number of pyridine rings is 1. The van der Waals surface area contributed by atoms with Gasteiger partial charge in [-0.05, 0) is 44.2 Å². The Hall–Kier alpha value is -2.05. The fourth-order valence-corrected chi connectivity index (χ4v) is 2.28. The molecule has 0 saturated heterocycles. The molecule has 0 N–H and O–H groups in total. The Morgan fingerprint density at radius 3 is 2.75 bits per heavy atom. The molecule has 3 nitrogen and oxygen atoms in total. The quantitative estimate of drug-likeness (QED) is 0.854. The zero-order chi connectivity index (χ0) is 14.5. The molecule has 0 aliphatic carbocycles. The van der Waals surface area contributed by atoms with Crippen LogP contribution in [0.15, 0.2) is 36.4 Å². The van der Waals surface area contributed by atoms with Crippen molar-refractivity contribution in [2.75, 3.05) is 11.4 Å². The van der Waals surface area contributed by atoms with E-state index in [4.69, 9.17) is 11.6 Å². The van der Waals surface area contributed by atoms with E-state index in [1.54, 1.807) is 12.1 Å². The maximum Gasteiger partial charge on any atom is 0.101 e. The van der Waals surface area contributed by atoms with Gasteiger partial charge in [0.1, 0.15) is 6.07 Å². The highest BCUT2D eigenvalue weighted by molar-refractivity contribution is 6.30. The Morgan fingerprint density at radius 1 is 1.30 bits per heavy atom. The van der Waals surface area contributed by atoms with Gasteiger partial charge in [-0.3, -0.25) is 4.98 Å². The average Bonchev–Trinajstić information content (AvgIpc) is 2.45. The number of anilines is 1. The highest BCUT2D eigenvalue weighted by Crippen LogP contribution is 2.25. The molecule has 0 aliphatic heterocycles.